The summed E-state index contributed by atoms with van der Waals surface area (Å²) in [6, 6.07) is 13.3. The normalized spacial score (nSPS) is 13.8. The van der Waals surface area contributed by atoms with Crippen molar-refractivity contribution >= 4 is 28.6 Å². The summed E-state index contributed by atoms with van der Waals surface area (Å²) in [6.07, 6.45) is 6.60. The average Bonchev–Trinajstić information content (AvgIpc) is 2.80. The molecule has 4 N–H and O–H groups in total. The van der Waals surface area contributed by atoms with E-state index in [1.807, 2.05) is 30.3 Å². The Bertz CT molecular complexity index is 1120. The summed E-state index contributed by atoms with van der Waals surface area (Å²) in [4.78, 5) is 33.1. The van der Waals surface area contributed by atoms with Gasteiger partial charge in [-0.2, -0.15) is 0 Å². The lowest BCUT2D eigenvalue weighted by Crippen LogP contribution is -2.30. The first kappa shape index (κ1) is 21.7. The largest absolute Gasteiger partial charge is 0.565 e. The van der Waals surface area contributed by atoms with Crippen molar-refractivity contribution in [3.8, 4) is 0 Å². The molecule has 0 aliphatic carbocycles. The molecule has 4 rings (SSSR count). The maximum absolute atomic E-state index is 12.5. The molecule has 3 heterocycles. The van der Waals surface area contributed by atoms with Crippen LogP contribution in [-0.4, -0.2) is 33.5 Å². The fourth-order valence-electron chi connectivity index (χ4n) is 4.08. The van der Waals surface area contributed by atoms with Gasteiger partial charge in [-0.3, -0.25) is 9.78 Å². The quantitative estimate of drug-likeness (QED) is 0.398. The second-order valence-electron chi connectivity index (χ2n) is 8.26. The fraction of sp³-hybridized carbons (Fsp3) is 0.360. The van der Waals surface area contributed by atoms with Crippen molar-refractivity contribution in [2.75, 3.05) is 11.9 Å². The number of hydrogen-bond acceptors (Lipinski definition) is 5. The Morgan fingerprint density at radius 2 is 2.03 bits per heavy atom. The van der Waals surface area contributed by atoms with Crippen LogP contribution in [0.2, 0.25) is 0 Å². The van der Waals surface area contributed by atoms with Gasteiger partial charge >= 0.3 is 5.97 Å². The van der Waals surface area contributed by atoms with Crippen LogP contribution in [0.5, 0.6) is 0 Å². The molecule has 0 saturated heterocycles. The predicted octanol–water partition coefficient (Wildman–Crippen LogP) is 3.20. The molecule has 0 unspecified atom stereocenters. The predicted molar refractivity (Wildman–Crippen MR) is 124 cm³/mol. The van der Waals surface area contributed by atoms with Crippen LogP contribution in [0.3, 0.4) is 0 Å². The monoisotopic (exact) mass is 433 g/mol. The van der Waals surface area contributed by atoms with Gasteiger partial charge in [-0.25, -0.2) is 4.98 Å². The van der Waals surface area contributed by atoms with Crippen LogP contribution < -0.4 is 10.6 Å². The Kier molecular flexibility index (Phi) is 6.94. The molecule has 1 atom stereocenters. The van der Waals surface area contributed by atoms with Gasteiger partial charge in [-0.05, 0) is 61.4 Å². The molecule has 166 valence electrons. The summed E-state index contributed by atoms with van der Waals surface area (Å²) in [5, 5.41) is 14.6. The van der Waals surface area contributed by atoms with Gasteiger partial charge in [0.2, 0.25) is 5.91 Å². The van der Waals surface area contributed by atoms with Gasteiger partial charge in [0.25, 0.3) is 0 Å². The molecule has 7 heteroatoms. The van der Waals surface area contributed by atoms with Gasteiger partial charge < -0.3 is 15.7 Å². The molecule has 1 aliphatic heterocycles. The second-order valence-corrected chi connectivity index (χ2v) is 8.26. The van der Waals surface area contributed by atoms with Crippen LogP contribution in [0.1, 0.15) is 55.0 Å². The molecule has 0 radical (unpaired) electrons. The van der Waals surface area contributed by atoms with E-state index in [2.05, 4.69) is 27.8 Å². The molecule has 3 aromatic rings. The smallest absolute Gasteiger partial charge is 0.518 e. The number of nitrogens with one attached hydrogen (secondary N) is 2. The molecule has 0 saturated carbocycles. The van der Waals surface area contributed by atoms with E-state index in [9.17, 15) is 9.59 Å². The van der Waals surface area contributed by atoms with Crippen molar-refractivity contribution in [3.05, 3.63) is 65.5 Å². The molecular formula is C25H29N4O3+. The highest BCUT2D eigenvalue weighted by Gasteiger charge is 2.22. The maximum Gasteiger partial charge on any atom is 0.518 e. The third-order valence-electron chi connectivity index (χ3n) is 5.78. The van der Waals surface area contributed by atoms with Crippen LogP contribution in [0, 0.1) is 0 Å². The highest BCUT2D eigenvalue weighted by atomic mass is 16.4. The molecule has 0 bridgehead atoms. The van der Waals surface area contributed by atoms with E-state index < -0.39 is 12.0 Å². The van der Waals surface area contributed by atoms with Crippen LogP contribution in [-0.2, 0) is 22.4 Å². The van der Waals surface area contributed by atoms with Crippen LogP contribution >= 0.6 is 0 Å². The third-order valence-corrected chi connectivity index (χ3v) is 5.78. The number of nitrogens with zero attached hydrogens (tertiary/aromatic N) is 2. The Hall–Kier alpha value is -3.48. The Labute approximate surface area is 187 Å². The number of fused-ring (bicyclic) bond motifs is 2. The zero-order valence-electron chi connectivity index (χ0n) is 18.1. The number of aromatic nitrogens is 2. The number of benzene rings is 1. The standard InChI is InChI=1S/C25H28N4O3/c30-23(10-4-2-8-20-12-11-17-7-5-13-26-25(17)28-20)29-22(15-24(31)32)19-14-18-6-1-3-9-21(18)27-16-19/h1,3,6,9,11-12,14,16,22H,2,4-5,7-8,10,13,15H2,(H,26,28)(H,29,30)(H,31,32)/p+1/t22-/m1/s1. The first-order chi connectivity index (χ1) is 15.6. The van der Waals surface area contributed by atoms with Crippen molar-refractivity contribution in [1.29, 1.82) is 0 Å². The number of amides is 1. The zero-order chi connectivity index (χ0) is 22.3. The van der Waals surface area contributed by atoms with Gasteiger partial charge in [-0.15, -0.1) is 0 Å². The van der Waals surface area contributed by atoms with E-state index >= 15 is 0 Å². The Morgan fingerprint density at radius 1 is 1.16 bits per heavy atom. The number of anilines is 1. The minimum Gasteiger partial charge on any atom is -0.565 e. The number of carbonyl (C=O) groups excluding carboxylic acids is 2. The lowest BCUT2D eigenvalue weighted by Gasteiger charge is -2.17. The van der Waals surface area contributed by atoms with Gasteiger partial charge in [0.05, 0.1) is 11.6 Å². The summed E-state index contributed by atoms with van der Waals surface area (Å²) in [7, 11) is 0. The third kappa shape index (κ3) is 5.60. The minimum absolute atomic E-state index is 0.0716. The number of aryl methyl sites for hydroxylation is 2. The van der Waals surface area contributed by atoms with Gasteiger partial charge in [-0.1, -0.05) is 24.3 Å². The van der Waals surface area contributed by atoms with E-state index in [0.29, 0.717) is 6.42 Å². The minimum atomic E-state index is -0.712. The lowest BCUT2D eigenvalue weighted by atomic mass is 10.0. The van der Waals surface area contributed by atoms with E-state index in [4.69, 9.17) is 10.1 Å². The Morgan fingerprint density at radius 3 is 2.91 bits per heavy atom. The number of unbranched alkanes of at least 4 members (excludes halogenated alkanes) is 1. The van der Waals surface area contributed by atoms with E-state index in [-0.39, 0.29) is 12.3 Å². The molecule has 0 fully saturated rings. The van der Waals surface area contributed by atoms with Crippen molar-refractivity contribution in [1.82, 2.24) is 15.3 Å². The van der Waals surface area contributed by atoms with Gasteiger partial charge in [0.15, 0.2) is 0 Å². The topological polar surface area (TPSA) is 107 Å². The van der Waals surface area contributed by atoms with Crippen LogP contribution in [0.25, 0.3) is 10.9 Å². The highest BCUT2D eigenvalue weighted by Crippen LogP contribution is 2.22. The summed E-state index contributed by atoms with van der Waals surface area (Å²) >= 11 is 0. The highest BCUT2D eigenvalue weighted by molar-refractivity contribution is 5.80. The van der Waals surface area contributed by atoms with Crippen LogP contribution in [0.15, 0.2) is 48.7 Å². The molecule has 7 nitrogen and oxygen atoms in total. The summed E-state index contributed by atoms with van der Waals surface area (Å²) in [5.41, 5.74) is 3.91. The number of hydrogen-bond donors (Lipinski definition) is 2. The molecule has 0 spiro atoms. The van der Waals surface area contributed by atoms with E-state index in [1.165, 1.54) is 5.56 Å². The van der Waals surface area contributed by atoms with Crippen molar-refractivity contribution < 1.29 is 14.7 Å². The summed E-state index contributed by atoms with van der Waals surface area (Å²) < 4.78 is 0. The van der Waals surface area contributed by atoms with Crippen molar-refractivity contribution in [3.63, 3.8) is 0 Å². The van der Waals surface area contributed by atoms with Crippen LogP contribution in [0.4, 0.5) is 5.82 Å². The second kappa shape index (κ2) is 10.2. The van der Waals surface area contributed by atoms with Gasteiger partial charge in [0.1, 0.15) is 12.2 Å². The molecular weight excluding hydrogens is 404 g/mol. The number of pyridine rings is 2. The maximum atomic E-state index is 12.5. The van der Waals surface area contributed by atoms with Crippen molar-refractivity contribution in [2.45, 2.75) is 51.0 Å². The summed E-state index contributed by atoms with van der Waals surface area (Å²) in [6.45, 7) is 0.971. The zero-order valence-corrected chi connectivity index (χ0v) is 18.1. The molecule has 1 aliphatic rings. The number of para-hydroxylation sites is 1. The average molecular weight is 434 g/mol. The fourth-order valence-corrected chi connectivity index (χ4v) is 4.08. The molecule has 2 aromatic heterocycles. The lowest BCUT2D eigenvalue weighted by molar-refractivity contribution is -0.137. The molecule has 1 aromatic carbocycles. The first-order valence-electron chi connectivity index (χ1n) is 11.2. The van der Waals surface area contributed by atoms with Crippen molar-refractivity contribution in [2.24, 2.45) is 0 Å². The number of carbonyl (C=O) groups is 2. The Balaban J connectivity index is 1.30. The SMILES string of the molecule is O=C([OH2+])C[C@@H](NC(=O)CCCCc1ccc2c(n1)NCCC2)c1cnc2ccccc2c1. The van der Waals surface area contributed by atoms with Gasteiger partial charge in [0, 0.05) is 35.0 Å². The number of rotatable bonds is 9. The van der Waals surface area contributed by atoms with E-state index in [1.54, 1.807) is 6.20 Å². The molecule has 32 heavy (non-hydrogen) atoms. The summed E-state index contributed by atoms with van der Waals surface area (Å²) in [5.74, 6) is 0.165. The molecule has 1 amide bonds. The first-order valence-corrected chi connectivity index (χ1v) is 11.2. The van der Waals surface area contributed by atoms with E-state index in [0.717, 1.165) is 66.6 Å².